The topological polar surface area (TPSA) is 86.0 Å². The van der Waals surface area contributed by atoms with E-state index >= 15 is 0 Å². The number of methoxy groups -OCH3 is 1. The van der Waals surface area contributed by atoms with Crippen LogP contribution in [0.1, 0.15) is 29.5 Å². The molecule has 1 amide bonds. The molecule has 1 aromatic carbocycles. The standard InChI is InChI=1S/C19H19NO6/c1-12-8-9-15(26-12)17(19(23)24-2)20-14(10-16(20)21)18(22)25-11-13-6-4-3-5-7-13/h3-9,14,17H,10-11H2,1-2H3/t14-,17?/m0/s1. The van der Waals surface area contributed by atoms with E-state index in [1.165, 1.54) is 7.11 Å². The van der Waals surface area contributed by atoms with Crippen molar-refractivity contribution in [2.45, 2.75) is 32.0 Å². The second-order valence-electron chi connectivity index (χ2n) is 5.99. The van der Waals surface area contributed by atoms with Gasteiger partial charge in [-0.3, -0.25) is 4.79 Å². The summed E-state index contributed by atoms with van der Waals surface area (Å²) >= 11 is 0. The number of rotatable bonds is 6. The highest BCUT2D eigenvalue weighted by Crippen LogP contribution is 2.34. The van der Waals surface area contributed by atoms with Gasteiger partial charge < -0.3 is 18.8 Å². The molecular formula is C19H19NO6. The Morgan fingerprint density at radius 2 is 1.96 bits per heavy atom. The highest BCUT2D eigenvalue weighted by molar-refractivity contribution is 5.98. The van der Waals surface area contributed by atoms with Crippen LogP contribution in [0.4, 0.5) is 0 Å². The SMILES string of the molecule is COC(=O)C(c1ccc(C)o1)N1C(=O)C[C@H]1C(=O)OCc1ccccc1. The second kappa shape index (κ2) is 7.43. The molecule has 1 unspecified atom stereocenters. The number of carbonyl (C=O) groups is 3. The second-order valence-corrected chi connectivity index (χ2v) is 5.99. The van der Waals surface area contributed by atoms with E-state index in [4.69, 9.17) is 13.9 Å². The summed E-state index contributed by atoms with van der Waals surface area (Å²) in [7, 11) is 1.22. The Balaban J connectivity index is 1.75. The number of hydrogen-bond acceptors (Lipinski definition) is 6. The van der Waals surface area contributed by atoms with Crippen LogP contribution in [-0.2, 0) is 30.5 Å². The zero-order valence-electron chi connectivity index (χ0n) is 14.5. The van der Waals surface area contributed by atoms with Crippen molar-refractivity contribution in [2.75, 3.05) is 7.11 Å². The number of likely N-dealkylation sites (tertiary alicyclic amines) is 1. The van der Waals surface area contributed by atoms with Crippen LogP contribution < -0.4 is 0 Å². The fraction of sp³-hybridized carbons (Fsp3) is 0.316. The highest BCUT2D eigenvalue weighted by Gasteiger charge is 2.50. The molecule has 3 rings (SSSR count). The van der Waals surface area contributed by atoms with Gasteiger partial charge in [0.1, 0.15) is 24.2 Å². The lowest BCUT2D eigenvalue weighted by Gasteiger charge is -2.41. The van der Waals surface area contributed by atoms with Crippen molar-refractivity contribution in [1.29, 1.82) is 0 Å². The molecule has 0 aliphatic carbocycles. The van der Waals surface area contributed by atoms with Crippen LogP contribution in [0.2, 0.25) is 0 Å². The number of ether oxygens (including phenoxy) is 2. The Morgan fingerprint density at radius 3 is 2.54 bits per heavy atom. The van der Waals surface area contributed by atoms with Gasteiger partial charge in [0, 0.05) is 0 Å². The van der Waals surface area contributed by atoms with Crippen LogP contribution in [0.15, 0.2) is 46.9 Å². The quantitative estimate of drug-likeness (QED) is 0.582. The molecule has 0 spiro atoms. The molecule has 1 aromatic heterocycles. The average Bonchev–Trinajstić information content (AvgIpc) is 3.08. The summed E-state index contributed by atoms with van der Waals surface area (Å²) in [5.74, 6) is -0.733. The van der Waals surface area contributed by atoms with Gasteiger partial charge >= 0.3 is 11.9 Å². The van der Waals surface area contributed by atoms with E-state index in [0.29, 0.717) is 5.76 Å². The van der Waals surface area contributed by atoms with Crippen LogP contribution in [0.3, 0.4) is 0 Å². The van der Waals surface area contributed by atoms with E-state index in [1.54, 1.807) is 19.1 Å². The number of aryl methyl sites for hydroxylation is 1. The predicted octanol–water partition coefficient (Wildman–Crippen LogP) is 2.15. The molecule has 136 valence electrons. The minimum absolute atomic E-state index is 0.0131. The van der Waals surface area contributed by atoms with Crippen LogP contribution in [-0.4, -0.2) is 35.9 Å². The zero-order chi connectivity index (χ0) is 18.7. The Hall–Kier alpha value is -3.09. The van der Waals surface area contributed by atoms with Crippen molar-refractivity contribution in [2.24, 2.45) is 0 Å². The van der Waals surface area contributed by atoms with Crippen molar-refractivity contribution in [3.8, 4) is 0 Å². The molecule has 0 N–H and O–H groups in total. The maximum atomic E-state index is 12.4. The highest BCUT2D eigenvalue weighted by atomic mass is 16.5. The maximum absolute atomic E-state index is 12.4. The summed E-state index contributed by atoms with van der Waals surface area (Å²) in [6.07, 6.45) is -0.0131. The third-order valence-electron chi connectivity index (χ3n) is 4.22. The molecule has 1 aliphatic rings. The van der Waals surface area contributed by atoms with E-state index < -0.39 is 24.0 Å². The van der Waals surface area contributed by atoms with Crippen LogP contribution in [0.25, 0.3) is 0 Å². The minimum Gasteiger partial charge on any atom is -0.467 e. The number of hydrogen-bond donors (Lipinski definition) is 0. The summed E-state index contributed by atoms with van der Waals surface area (Å²) in [5.41, 5.74) is 0.837. The number of β-lactam (4-membered cyclic amide) rings is 1. The van der Waals surface area contributed by atoms with E-state index in [1.807, 2.05) is 30.3 Å². The zero-order valence-corrected chi connectivity index (χ0v) is 14.5. The van der Waals surface area contributed by atoms with Gasteiger partial charge in [0.05, 0.1) is 13.5 Å². The van der Waals surface area contributed by atoms with Gasteiger partial charge in [-0.15, -0.1) is 0 Å². The fourth-order valence-corrected chi connectivity index (χ4v) is 2.86. The number of furan rings is 1. The van der Waals surface area contributed by atoms with Gasteiger partial charge in [-0.05, 0) is 24.6 Å². The average molecular weight is 357 g/mol. The van der Waals surface area contributed by atoms with E-state index in [0.717, 1.165) is 10.5 Å². The summed E-state index contributed by atoms with van der Waals surface area (Å²) < 4.78 is 15.6. The lowest BCUT2D eigenvalue weighted by atomic mass is 9.97. The first-order chi connectivity index (χ1) is 12.5. The summed E-state index contributed by atoms with van der Waals surface area (Å²) in [6.45, 7) is 1.82. The molecule has 26 heavy (non-hydrogen) atoms. The molecule has 0 bridgehead atoms. The molecule has 1 fully saturated rings. The van der Waals surface area contributed by atoms with Gasteiger partial charge in [-0.1, -0.05) is 30.3 Å². The van der Waals surface area contributed by atoms with Gasteiger partial charge in [-0.2, -0.15) is 0 Å². The molecule has 1 saturated heterocycles. The Kier molecular flexibility index (Phi) is 5.06. The number of nitrogens with zero attached hydrogens (tertiary/aromatic N) is 1. The number of amides is 1. The third-order valence-corrected chi connectivity index (χ3v) is 4.22. The molecule has 7 nitrogen and oxygen atoms in total. The predicted molar refractivity (Wildman–Crippen MR) is 89.7 cm³/mol. The van der Waals surface area contributed by atoms with Crippen molar-refractivity contribution in [1.82, 2.24) is 4.90 Å². The van der Waals surface area contributed by atoms with Crippen LogP contribution in [0.5, 0.6) is 0 Å². The van der Waals surface area contributed by atoms with Crippen molar-refractivity contribution < 1.29 is 28.3 Å². The first-order valence-corrected chi connectivity index (χ1v) is 8.17. The Labute approximate surface area is 150 Å². The lowest BCUT2D eigenvalue weighted by Crippen LogP contribution is -2.59. The first-order valence-electron chi connectivity index (χ1n) is 8.17. The summed E-state index contributed by atoms with van der Waals surface area (Å²) in [6, 6.07) is 10.5. The molecular weight excluding hydrogens is 338 g/mol. The lowest BCUT2D eigenvalue weighted by molar-refractivity contribution is -0.176. The van der Waals surface area contributed by atoms with Crippen molar-refractivity contribution in [3.05, 3.63) is 59.5 Å². The fourth-order valence-electron chi connectivity index (χ4n) is 2.86. The molecule has 7 heteroatoms. The van der Waals surface area contributed by atoms with E-state index in [2.05, 4.69) is 0 Å². The molecule has 0 radical (unpaired) electrons. The number of esters is 2. The molecule has 2 aromatic rings. The third kappa shape index (κ3) is 3.46. The molecule has 1 aliphatic heterocycles. The number of benzene rings is 1. The van der Waals surface area contributed by atoms with E-state index in [9.17, 15) is 14.4 Å². The van der Waals surface area contributed by atoms with Gasteiger partial charge in [-0.25, -0.2) is 9.59 Å². The van der Waals surface area contributed by atoms with Crippen molar-refractivity contribution in [3.63, 3.8) is 0 Å². The monoisotopic (exact) mass is 357 g/mol. The number of carbonyl (C=O) groups excluding carboxylic acids is 3. The molecule has 0 saturated carbocycles. The first kappa shape index (κ1) is 17.7. The largest absolute Gasteiger partial charge is 0.467 e. The van der Waals surface area contributed by atoms with Gasteiger partial charge in [0.2, 0.25) is 5.91 Å². The van der Waals surface area contributed by atoms with Crippen LogP contribution in [0, 0.1) is 6.92 Å². The summed E-state index contributed by atoms with van der Waals surface area (Å²) in [5, 5.41) is 0. The maximum Gasteiger partial charge on any atom is 0.336 e. The summed E-state index contributed by atoms with van der Waals surface area (Å²) in [4.78, 5) is 37.9. The van der Waals surface area contributed by atoms with Gasteiger partial charge in [0.15, 0.2) is 6.04 Å². The van der Waals surface area contributed by atoms with Crippen LogP contribution >= 0.6 is 0 Å². The van der Waals surface area contributed by atoms with Crippen molar-refractivity contribution >= 4 is 17.8 Å². The molecule has 2 atom stereocenters. The molecule has 2 heterocycles. The normalized spacial score (nSPS) is 17.4. The Morgan fingerprint density at radius 1 is 1.23 bits per heavy atom. The smallest absolute Gasteiger partial charge is 0.336 e. The van der Waals surface area contributed by atoms with Gasteiger partial charge in [0.25, 0.3) is 0 Å². The minimum atomic E-state index is -1.11. The Bertz CT molecular complexity index is 812. The van der Waals surface area contributed by atoms with E-state index in [-0.39, 0.29) is 24.7 Å².